The number of benzene rings is 2. The number of amides is 1. The molecule has 2 N–H and O–H groups in total. The Morgan fingerprint density at radius 1 is 1.21 bits per heavy atom. The van der Waals surface area contributed by atoms with Crippen LogP contribution in [0.25, 0.3) is 10.8 Å². The summed E-state index contributed by atoms with van der Waals surface area (Å²) in [4.78, 5) is 24.5. The van der Waals surface area contributed by atoms with Gasteiger partial charge in [-0.25, -0.2) is 9.18 Å². The van der Waals surface area contributed by atoms with E-state index >= 15 is 0 Å². The summed E-state index contributed by atoms with van der Waals surface area (Å²) >= 11 is 0. The Labute approximate surface area is 170 Å². The number of nitrogens with one attached hydrogen (secondary N) is 1. The van der Waals surface area contributed by atoms with E-state index in [1.165, 1.54) is 24.3 Å². The van der Waals surface area contributed by atoms with Gasteiger partial charge in [0.1, 0.15) is 24.2 Å². The highest BCUT2D eigenvalue weighted by atomic mass is 19.1. The molecule has 1 unspecified atom stereocenters. The van der Waals surface area contributed by atoms with Crippen LogP contribution in [-0.2, 0) is 4.79 Å². The maximum atomic E-state index is 13.6. The van der Waals surface area contributed by atoms with Gasteiger partial charge in [0.25, 0.3) is 5.91 Å². The molecule has 1 amide bonds. The van der Waals surface area contributed by atoms with Crippen molar-refractivity contribution in [1.82, 2.24) is 5.32 Å². The molecule has 1 atom stereocenters. The van der Waals surface area contributed by atoms with E-state index in [4.69, 9.17) is 4.74 Å². The Morgan fingerprint density at radius 2 is 1.90 bits per heavy atom. The first-order valence-corrected chi connectivity index (χ1v) is 9.38. The number of carboxylic acid groups (broad SMARTS) is 1. The smallest absolute Gasteiger partial charge is 0.326 e. The van der Waals surface area contributed by atoms with Gasteiger partial charge >= 0.3 is 5.97 Å². The third-order valence-corrected chi connectivity index (χ3v) is 4.24. The third-order valence-electron chi connectivity index (χ3n) is 4.24. The van der Waals surface area contributed by atoms with E-state index in [2.05, 4.69) is 17.2 Å². The van der Waals surface area contributed by atoms with Crippen LogP contribution in [0.5, 0.6) is 5.75 Å². The zero-order chi connectivity index (χ0) is 21.8. The van der Waals surface area contributed by atoms with Crippen LogP contribution in [0.2, 0.25) is 0 Å². The summed E-state index contributed by atoms with van der Waals surface area (Å²) in [5, 5.41) is 13.2. The Bertz CT molecular complexity index is 980. The maximum absolute atomic E-state index is 13.6. The van der Waals surface area contributed by atoms with Gasteiger partial charge in [0.15, 0.2) is 0 Å². The molecule has 2 rings (SSSR count). The molecule has 0 fully saturated rings. The molecule has 6 heteroatoms. The van der Waals surface area contributed by atoms with Crippen LogP contribution in [-0.4, -0.2) is 29.6 Å². The lowest BCUT2D eigenvalue weighted by molar-refractivity contribution is -0.142. The van der Waals surface area contributed by atoms with Gasteiger partial charge < -0.3 is 15.2 Å². The molecule has 0 aliphatic carbocycles. The number of hydrogen-bond donors (Lipinski definition) is 2. The lowest BCUT2D eigenvalue weighted by atomic mass is 9.86. The van der Waals surface area contributed by atoms with Crippen molar-refractivity contribution in [3.63, 3.8) is 0 Å². The molecule has 0 aromatic heterocycles. The van der Waals surface area contributed by atoms with Crippen LogP contribution < -0.4 is 10.1 Å². The van der Waals surface area contributed by atoms with Gasteiger partial charge in [0, 0.05) is 11.3 Å². The second-order valence-corrected chi connectivity index (χ2v) is 8.18. The van der Waals surface area contributed by atoms with E-state index < -0.39 is 29.2 Å². The highest BCUT2D eigenvalue weighted by Crippen LogP contribution is 2.31. The molecule has 0 bridgehead atoms. The van der Waals surface area contributed by atoms with Crippen molar-refractivity contribution in [1.29, 1.82) is 0 Å². The first kappa shape index (κ1) is 22.2. The van der Waals surface area contributed by atoms with Gasteiger partial charge in [0.2, 0.25) is 0 Å². The van der Waals surface area contributed by atoms with Crippen molar-refractivity contribution in [2.45, 2.75) is 40.7 Å². The van der Waals surface area contributed by atoms with Gasteiger partial charge in [-0.15, -0.1) is 0 Å². The van der Waals surface area contributed by atoms with Crippen molar-refractivity contribution in [3.05, 3.63) is 41.7 Å². The first-order valence-electron chi connectivity index (χ1n) is 9.38. The highest BCUT2D eigenvalue weighted by Gasteiger charge is 2.33. The second kappa shape index (κ2) is 8.95. The van der Waals surface area contributed by atoms with Crippen LogP contribution in [0.4, 0.5) is 4.39 Å². The zero-order valence-corrected chi connectivity index (χ0v) is 17.3. The van der Waals surface area contributed by atoms with Crippen molar-refractivity contribution in [3.8, 4) is 17.6 Å². The third kappa shape index (κ3) is 5.71. The quantitative estimate of drug-likeness (QED) is 0.737. The minimum absolute atomic E-state index is 0.0522. The highest BCUT2D eigenvalue weighted by molar-refractivity contribution is 6.05. The molecule has 2 aromatic carbocycles. The number of fused-ring (bicyclic) bond motifs is 1. The lowest BCUT2D eigenvalue weighted by Gasteiger charge is -2.28. The fourth-order valence-corrected chi connectivity index (χ4v) is 2.82. The van der Waals surface area contributed by atoms with Crippen molar-refractivity contribution in [2.24, 2.45) is 11.3 Å². The lowest BCUT2D eigenvalue weighted by Crippen LogP contribution is -2.49. The molecule has 0 radical (unpaired) electrons. The molecule has 0 aliphatic heterocycles. The minimum atomic E-state index is -1.13. The summed E-state index contributed by atoms with van der Waals surface area (Å²) in [5.74, 6) is 4.17. The Morgan fingerprint density at radius 3 is 2.48 bits per heavy atom. The number of carbonyl (C=O) groups excluding carboxylic acids is 1. The van der Waals surface area contributed by atoms with E-state index in [9.17, 15) is 19.1 Å². The topological polar surface area (TPSA) is 75.6 Å². The molecule has 0 spiro atoms. The normalized spacial score (nSPS) is 12.2. The van der Waals surface area contributed by atoms with Crippen LogP contribution in [0.15, 0.2) is 30.3 Å². The molecule has 2 aromatic rings. The van der Waals surface area contributed by atoms with E-state index in [1.54, 1.807) is 26.8 Å². The molecule has 0 aliphatic rings. The van der Waals surface area contributed by atoms with Gasteiger partial charge in [0.05, 0.1) is 5.56 Å². The predicted molar refractivity (Wildman–Crippen MR) is 110 cm³/mol. The van der Waals surface area contributed by atoms with Gasteiger partial charge in [-0.3, -0.25) is 4.79 Å². The average molecular weight is 399 g/mol. The zero-order valence-electron chi connectivity index (χ0n) is 17.3. The number of aliphatic carboxylic acids is 1. The Balaban J connectivity index is 2.47. The van der Waals surface area contributed by atoms with E-state index in [0.29, 0.717) is 10.8 Å². The van der Waals surface area contributed by atoms with Gasteiger partial charge in [-0.1, -0.05) is 52.5 Å². The fourth-order valence-electron chi connectivity index (χ4n) is 2.82. The summed E-state index contributed by atoms with van der Waals surface area (Å²) < 4.78 is 19.4. The Kier molecular flexibility index (Phi) is 6.86. The molecule has 154 valence electrons. The molecular formula is C23H26FNO4. The molecule has 5 nitrogen and oxygen atoms in total. The summed E-state index contributed by atoms with van der Waals surface area (Å²) in [6, 6.07) is 6.18. The van der Waals surface area contributed by atoms with Crippen LogP contribution in [0, 0.1) is 29.0 Å². The number of carboxylic acids is 1. The van der Waals surface area contributed by atoms with Crippen LogP contribution >= 0.6 is 0 Å². The number of rotatable bonds is 5. The largest absolute Gasteiger partial charge is 0.480 e. The Hall–Kier alpha value is -3.07. The fraction of sp³-hybridized carbons (Fsp3) is 0.391. The molecule has 29 heavy (non-hydrogen) atoms. The van der Waals surface area contributed by atoms with E-state index in [0.717, 1.165) is 0 Å². The second-order valence-electron chi connectivity index (χ2n) is 8.18. The van der Waals surface area contributed by atoms with Crippen LogP contribution in [0.3, 0.4) is 0 Å². The standard InChI is InChI=1S/C23H26FNO4/c1-14(2)7-6-12-29-19-17-11-9-16(24)13-15(17)8-10-18(19)21(26)25-20(22(27)28)23(3,4)5/h8-11,13-14,20H,12H2,1-5H3,(H,25,26)(H,27,28). The average Bonchev–Trinajstić information content (AvgIpc) is 2.61. The van der Waals surface area contributed by atoms with Crippen molar-refractivity contribution < 1.29 is 23.8 Å². The molecule has 0 saturated heterocycles. The first-order chi connectivity index (χ1) is 13.5. The number of hydrogen-bond acceptors (Lipinski definition) is 3. The molecule has 0 saturated carbocycles. The summed E-state index contributed by atoms with van der Waals surface area (Å²) in [5.41, 5.74) is -0.517. The minimum Gasteiger partial charge on any atom is -0.480 e. The number of ether oxygens (including phenoxy) is 1. The number of carbonyl (C=O) groups is 2. The van der Waals surface area contributed by atoms with Gasteiger partial charge in [-0.2, -0.15) is 0 Å². The van der Waals surface area contributed by atoms with E-state index in [-0.39, 0.29) is 23.8 Å². The monoisotopic (exact) mass is 399 g/mol. The summed E-state index contributed by atoms with van der Waals surface area (Å²) in [6.07, 6.45) is 0. The van der Waals surface area contributed by atoms with Crippen LogP contribution in [0.1, 0.15) is 45.0 Å². The van der Waals surface area contributed by atoms with E-state index in [1.807, 2.05) is 13.8 Å². The number of halogens is 1. The van der Waals surface area contributed by atoms with Crippen molar-refractivity contribution >= 4 is 22.6 Å². The predicted octanol–water partition coefficient (Wildman–Crippen LogP) is 4.25. The molecule has 0 heterocycles. The van der Waals surface area contributed by atoms with Crippen molar-refractivity contribution in [2.75, 3.05) is 6.61 Å². The summed E-state index contributed by atoms with van der Waals surface area (Å²) in [6.45, 7) is 9.14. The van der Waals surface area contributed by atoms with Gasteiger partial charge in [-0.05, 0) is 35.1 Å². The molecular weight excluding hydrogens is 373 g/mol. The summed E-state index contributed by atoms with van der Waals surface area (Å²) in [7, 11) is 0. The maximum Gasteiger partial charge on any atom is 0.326 e. The SMILES string of the molecule is CC(C)C#CCOc1c(C(=O)NC(C(=O)O)C(C)(C)C)ccc2cc(F)ccc12.